The molecular formula is C24H39BrN2O4Si. The molecule has 8 heteroatoms. The van der Waals surface area contributed by atoms with E-state index in [4.69, 9.17) is 9.47 Å². The number of ether oxygens (including phenoxy) is 2. The maximum Gasteiger partial charge on any atom is 0.409 e. The number of hydrogen-bond acceptors (Lipinski definition) is 4. The molecule has 180 valence electrons. The van der Waals surface area contributed by atoms with E-state index in [0.29, 0.717) is 32.2 Å². The van der Waals surface area contributed by atoms with Crippen LogP contribution in [0.2, 0.25) is 25.7 Å². The van der Waals surface area contributed by atoms with Crippen molar-refractivity contribution in [1.82, 2.24) is 10.2 Å². The summed E-state index contributed by atoms with van der Waals surface area (Å²) in [5, 5.41) is 2.95. The largest absolute Gasteiger partial charge is 0.450 e. The number of piperidine rings is 1. The summed E-state index contributed by atoms with van der Waals surface area (Å²) in [6.45, 7) is 14.8. The number of carbonyl (C=O) groups is 2. The van der Waals surface area contributed by atoms with Crippen molar-refractivity contribution in [2.24, 2.45) is 5.92 Å². The SMILES string of the molecule is CC(C)(C)OC(=O)NCC(c1ccc(Br)cc1)C1CCN(C(=O)OCC[Si](C)(C)C)CC1. The molecule has 6 nitrogen and oxygen atoms in total. The molecule has 0 aliphatic carbocycles. The molecule has 1 aromatic rings. The third-order valence-corrected chi connectivity index (χ3v) is 7.84. The Labute approximate surface area is 202 Å². The molecule has 2 amide bonds. The highest BCUT2D eigenvalue weighted by Crippen LogP contribution is 2.33. The lowest BCUT2D eigenvalue weighted by Gasteiger charge is -2.36. The van der Waals surface area contributed by atoms with E-state index in [9.17, 15) is 9.59 Å². The van der Waals surface area contributed by atoms with Gasteiger partial charge in [0.05, 0.1) is 6.61 Å². The first-order valence-electron chi connectivity index (χ1n) is 11.5. The van der Waals surface area contributed by atoms with Gasteiger partial charge in [0.2, 0.25) is 0 Å². The van der Waals surface area contributed by atoms with Crippen molar-refractivity contribution in [2.75, 3.05) is 26.2 Å². The molecule has 1 N–H and O–H groups in total. The van der Waals surface area contributed by atoms with Crippen LogP contribution in [0, 0.1) is 5.92 Å². The van der Waals surface area contributed by atoms with Crippen molar-refractivity contribution in [3.8, 4) is 0 Å². The van der Waals surface area contributed by atoms with Gasteiger partial charge in [-0.15, -0.1) is 0 Å². The molecule has 1 aliphatic heterocycles. The number of nitrogens with zero attached hydrogens (tertiary/aromatic N) is 1. The van der Waals surface area contributed by atoms with Crippen LogP contribution in [0.1, 0.15) is 45.1 Å². The van der Waals surface area contributed by atoms with Gasteiger partial charge in [-0.3, -0.25) is 0 Å². The number of carbonyl (C=O) groups excluding carboxylic acids is 2. The van der Waals surface area contributed by atoms with Gasteiger partial charge in [-0.05, 0) is 63.3 Å². The van der Waals surface area contributed by atoms with Crippen LogP contribution in [0.5, 0.6) is 0 Å². The van der Waals surface area contributed by atoms with Crippen LogP contribution >= 0.6 is 15.9 Å². The molecule has 2 rings (SSSR count). The van der Waals surface area contributed by atoms with Crippen LogP contribution in [-0.2, 0) is 9.47 Å². The molecule has 1 saturated heterocycles. The average Bonchev–Trinajstić information content (AvgIpc) is 2.67. The average molecular weight is 528 g/mol. The lowest BCUT2D eigenvalue weighted by atomic mass is 9.80. The van der Waals surface area contributed by atoms with E-state index in [1.165, 1.54) is 5.56 Å². The Morgan fingerprint density at radius 3 is 2.28 bits per heavy atom. The summed E-state index contributed by atoms with van der Waals surface area (Å²) in [6, 6.07) is 9.24. The van der Waals surface area contributed by atoms with Crippen LogP contribution in [0.25, 0.3) is 0 Å². The van der Waals surface area contributed by atoms with E-state index < -0.39 is 19.8 Å². The molecule has 1 aliphatic rings. The third-order valence-electron chi connectivity index (χ3n) is 5.61. The molecule has 0 radical (unpaired) electrons. The molecule has 1 atom stereocenters. The first kappa shape index (κ1) is 26.7. The van der Waals surface area contributed by atoms with Gasteiger partial charge in [-0.25, -0.2) is 9.59 Å². The summed E-state index contributed by atoms with van der Waals surface area (Å²) in [5.41, 5.74) is 0.652. The van der Waals surface area contributed by atoms with Crippen LogP contribution < -0.4 is 5.32 Å². The Morgan fingerprint density at radius 1 is 1.16 bits per heavy atom. The standard InChI is InChI=1S/C24H39BrN2O4Si/c1-24(2,3)31-22(28)26-17-21(18-7-9-20(25)10-8-18)19-11-13-27(14-12-19)23(29)30-15-16-32(4,5)6/h7-10,19,21H,11-17H2,1-6H3,(H,26,28). The van der Waals surface area contributed by atoms with E-state index in [2.05, 4.69) is 53.0 Å². The van der Waals surface area contributed by atoms with E-state index in [0.717, 1.165) is 23.4 Å². The number of alkyl carbamates (subject to hydrolysis) is 1. The zero-order valence-electron chi connectivity index (χ0n) is 20.4. The topological polar surface area (TPSA) is 67.9 Å². The first-order chi connectivity index (χ1) is 14.8. The Morgan fingerprint density at radius 2 is 1.75 bits per heavy atom. The Bertz CT molecular complexity index is 751. The molecule has 1 unspecified atom stereocenters. The normalized spacial score (nSPS) is 16.4. The van der Waals surface area contributed by atoms with Crippen molar-refractivity contribution in [2.45, 2.75) is 70.8 Å². The lowest BCUT2D eigenvalue weighted by molar-refractivity contribution is 0.0516. The van der Waals surface area contributed by atoms with Gasteiger partial charge < -0.3 is 19.7 Å². The molecular weight excluding hydrogens is 488 g/mol. The maximum absolute atomic E-state index is 12.5. The fourth-order valence-electron chi connectivity index (χ4n) is 3.79. The predicted octanol–water partition coefficient (Wildman–Crippen LogP) is 6.24. The minimum Gasteiger partial charge on any atom is -0.450 e. The molecule has 1 fully saturated rings. The number of likely N-dealkylation sites (tertiary alicyclic amines) is 1. The van der Waals surface area contributed by atoms with Crippen molar-refractivity contribution in [3.05, 3.63) is 34.3 Å². The van der Waals surface area contributed by atoms with E-state index in [-0.39, 0.29) is 12.0 Å². The molecule has 0 bridgehead atoms. The van der Waals surface area contributed by atoms with Gasteiger partial charge in [0.25, 0.3) is 0 Å². The van der Waals surface area contributed by atoms with E-state index >= 15 is 0 Å². The first-order valence-corrected chi connectivity index (χ1v) is 16.0. The molecule has 1 heterocycles. The molecule has 0 aromatic heterocycles. The van der Waals surface area contributed by atoms with Crippen LogP contribution in [0.3, 0.4) is 0 Å². The van der Waals surface area contributed by atoms with Crippen molar-refractivity contribution in [3.63, 3.8) is 0 Å². The van der Waals surface area contributed by atoms with Gasteiger partial charge in [0, 0.05) is 38.1 Å². The molecule has 0 saturated carbocycles. The fraction of sp³-hybridized carbons (Fsp3) is 0.667. The van der Waals surface area contributed by atoms with Crippen molar-refractivity contribution >= 4 is 36.2 Å². The summed E-state index contributed by atoms with van der Waals surface area (Å²) in [4.78, 5) is 26.5. The number of amides is 2. The Kier molecular flexibility index (Phi) is 9.63. The fourth-order valence-corrected chi connectivity index (χ4v) is 4.77. The number of hydrogen-bond donors (Lipinski definition) is 1. The second-order valence-corrected chi connectivity index (χ2v) is 17.3. The molecule has 0 spiro atoms. The Hall–Kier alpha value is -1.54. The second kappa shape index (κ2) is 11.5. The minimum absolute atomic E-state index is 0.153. The Balaban J connectivity index is 1.96. The quantitative estimate of drug-likeness (QED) is 0.426. The number of benzene rings is 1. The zero-order valence-corrected chi connectivity index (χ0v) is 23.0. The zero-order chi connectivity index (χ0) is 23.9. The summed E-state index contributed by atoms with van der Waals surface area (Å²) < 4.78 is 12.0. The number of rotatable bonds is 7. The summed E-state index contributed by atoms with van der Waals surface area (Å²) in [5.74, 6) is 0.512. The van der Waals surface area contributed by atoms with Crippen molar-refractivity contribution in [1.29, 1.82) is 0 Å². The third kappa shape index (κ3) is 9.53. The highest BCUT2D eigenvalue weighted by Gasteiger charge is 2.31. The van der Waals surface area contributed by atoms with Gasteiger partial charge in [-0.2, -0.15) is 0 Å². The molecule has 1 aromatic carbocycles. The smallest absolute Gasteiger partial charge is 0.409 e. The van der Waals surface area contributed by atoms with Gasteiger partial charge >= 0.3 is 12.2 Å². The van der Waals surface area contributed by atoms with Gasteiger partial charge in [0.1, 0.15) is 5.60 Å². The van der Waals surface area contributed by atoms with Gasteiger partial charge in [0.15, 0.2) is 0 Å². The number of nitrogens with one attached hydrogen (secondary N) is 1. The van der Waals surface area contributed by atoms with Crippen LogP contribution in [0.4, 0.5) is 9.59 Å². The second-order valence-electron chi connectivity index (χ2n) is 10.8. The van der Waals surface area contributed by atoms with Crippen LogP contribution in [0.15, 0.2) is 28.7 Å². The van der Waals surface area contributed by atoms with Crippen molar-refractivity contribution < 1.29 is 19.1 Å². The summed E-state index contributed by atoms with van der Waals surface area (Å²) in [7, 11) is -1.22. The van der Waals surface area contributed by atoms with E-state index in [1.54, 1.807) is 0 Å². The predicted molar refractivity (Wildman–Crippen MR) is 135 cm³/mol. The minimum atomic E-state index is -1.22. The van der Waals surface area contributed by atoms with E-state index in [1.807, 2.05) is 37.8 Å². The highest BCUT2D eigenvalue weighted by molar-refractivity contribution is 9.10. The number of halogens is 1. The molecule has 32 heavy (non-hydrogen) atoms. The highest BCUT2D eigenvalue weighted by atomic mass is 79.9. The summed E-state index contributed by atoms with van der Waals surface area (Å²) >= 11 is 3.50. The van der Waals surface area contributed by atoms with Gasteiger partial charge in [-0.1, -0.05) is 47.7 Å². The van der Waals surface area contributed by atoms with Crippen LogP contribution in [-0.4, -0.2) is 57.0 Å². The maximum atomic E-state index is 12.5. The lowest BCUT2D eigenvalue weighted by Crippen LogP contribution is -2.42. The summed E-state index contributed by atoms with van der Waals surface area (Å²) in [6.07, 6.45) is 1.15. The monoisotopic (exact) mass is 526 g/mol.